The molecule has 1 aliphatic rings. The summed E-state index contributed by atoms with van der Waals surface area (Å²) in [6.07, 6.45) is 2.48. The van der Waals surface area contributed by atoms with E-state index in [9.17, 15) is 9.59 Å². The first-order chi connectivity index (χ1) is 16.9. The Morgan fingerprint density at radius 2 is 2.06 bits per heavy atom. The smallest absolute Gasteiger partial charge is 0.341 e. The van der Waals surface area contributed by atoms with Crippen LogP contribution in [-0.2, 0) is 29.4 Å². The SMILES string of the molecule is CCOC(=O)c1c(NC(=O)CSc2nnc(C(C)Oc3ccccc3)n2C)sc2c1CCC(C)C2. The predicted molar refractivity (Wildman–Crippen MR) is 137 cm³/mol. The molecule has 2 aromatic heterocycles. The molecular formula is C25H30N4O4S2. The number of rotatable bonds is 9. The fraction of sp³-hybridized carbons (Fsp3) is 0.440. The van der Waals surface area contributed by atoms with Gasteiger partial charge in [0.05, 0.1) is 17.9 Å². The number of hydrogen-bond donors (Lipinski definition) is 1. The number of nitrogens with one attached hydrogen (secondary N) is 1. The maximum atomic E-state index is 12.8. The Kier molecular flexibility index (Phi) is 8.12. The zero-order valence-electron chi connectivity index (χ0n) is 20.4. The first-order valence-corrected chi connectivity index (χ1v) is 13.5. The first-order valence-electron chi connectivity index (χ1n) is 11.7. The van der Waals surface area contributed by atoms with Crippen LogP contribution in [0.4, 0.5) is 5.00 Å². The van der Waals surface area contributed by atoms with Gasteiger partial charge >= 0.3 is 5.97 Å². The van der Waals surface area contributed by atoms with Gasteiger partial charge in [-0.15, -0.1) is 21.5 Å². The van der Waals surface area contributed by atoms with Crippen LogP contribution in [0, 0.1) is 5.92 Å². The molecule has 1 aromatic carbocycles. The Bertz CT molecular complexity index is 1190. The number of ether oxygens (including phenoxy) is 2. The molecule has 3 aromatic rings. The number of benzene rings is 1. The summed E-state index contributed by atoms with van der Waals surface area (Å²) in [6.45, 7) is 6.20. The second-order valence-corrected chi connectivity index (χ2v) is 10.6. The van der Waals surface area contributed by atoms with Crippen LogP contribution in [0.5, 0.6) is 5.75 Å². The topological polar surface area (TPSA) is 95.3 Å². The molecular weight excluding hydrogens is 484 g/mol. The van der Waals surface area contributed by atoms with Crippen LogP contribution in [0.25, 0.3) is 0 Å². The molecule has 35 heavy (non-hydrogen) atoms. The van der Waals surface area contributed by atoms with Gasteiger partial charge in [0.15, 0.2) is 17.1 Å². The Balaban J connectivity index is 1.41. The molecule has 0 saturated heterocycles. The molecule has 1 aliphatic carbocycles. The van der Waals surface area contributed by atoms with E-state index in [1.54, 1.807) is 6.92 Å². The lowest BCUT2D eigenvalue weighted by Crippen LogP contribution is -2.18. The van der Waals surface area contributed by atoms with Gasteiger partial charge in [0.2, 0.25) is 5.91 Å². The van der Waals surface area contributed by atoms with E-state index in [0.717, 1.165) is 30.6 Å². The number of aromatic nitrogens is 3. The molecule has 2 atom stereocenters. The zero-order valence-corrected chi connectivity index (χ0v) is 22.0. The minimum atomic E-state index is -0.368. The number of thiophene rings is 1. The third-order valence-corrected chi connectivity index (χ3v) is 8.05. The summed E-state index contributed by atoms with van der Waals surface area (Å²) >= 11 is 2.78. The molecule has 0 bridgehead atoms. The summed E-state index contributed by atoms with van der Waals surface area (Å²) in [5.41, 5.74) is 1.55. The molecule has 8 nitrogen and oxygen atoms in total. The van der Waals surface area contributed by atoms with E-state index in [4.69, 9.17) is 9.47 Å². The Hall–Kier alpha value is -2.85. The highest BCUT2D eigenvalue weighted by atomic mass is 32.2. The van der Waals surface area contributed by atoms with Crippen LogP contribution in [0.15, 0.2) is 35.5 Å². The summed E-state index contributed by atoms with van der Waals surface area (Å²) in [5, 5.41) is 12.6. The molecule has 1 N–H and O–H groups in total. The molecule has 0 aliphatic heterocycles. The number of amides is 1. The van der Waals surface area contributed by atoms with Crippen molar-refractivity contribution in [3.8, 4) is 5.75 Å². The van der Waals surface area contributed by atoms with Crippen LogP contribution in [0.1, 0.15) is 59.9 Å². The fourth-order valence-electron chi connectivity index (χ4n) is 4.11. The molecule has 1 amide bonds. The number of carbonyl (C=O) groups is 2. The van der Waals surface area contributed by atoms with Gasteiger partial charge in [0.1, 0.15) is 10.8 Å². The number of fused-ring (bicyclic) bond motifs is 1. The van der Waals surface area contributed by atoms with Crippen molar-refractivity contribution in [1.29, 1.82) is 0 Å². The Morgan fingerprint density at radius 3 is 2.80 bits per heavy atom. The van der Waals surface area contributed by atoms with Crippen molar-refractivity contribution < 1.29 is 19.1 Å². The minimum absolute atomic E-state index is 0.140. The quantitative estimate of drug-likeness (QED) is 0.315. The van der Waals surface area contributed by atoms with Gasteiger partial charge in [0.25, 0.3) is 0 Å². The Morgan fingerprint density at radius 1 is 1.29 bits per heavy atom. The van der Waals surface area contributed by atoms with Gasteiger partial charge < -0.3 is 19.4 Å². The van der Waals surface area contributed by atoms with E-state index in [0.29, 0.717) is 34.1 Å². The second-order valence-electron chi connectivity index (χ2n) is 8.59. The average molecular weight is 515 g/mol. The number of thioether (sulfide) groups is 1. The fourth-order valence-corrected chi connectivity index (χ4v) is 6.25. The summed E-state index contributed by atoms with van der Waals surface area (Å²) in [4.78, 5) is 26.7. The zero-order chi connectivity index (χ0) is 24.9. The summed E-state index contributed by atoms with van der Waals surface area (Å²) < 4.78 is 13.1. The van der Waals surface area contributed by atoms with E-state index in [1.165, 1.54) is 28.0 Å². The van der Waals surface area contributed by atoms with Crippen molar-refractivity contribution in [2.75, 3.05) is 17.7 Å². The number of esters is 1. The highest BCUT2D eigenvalue weighted by molar-refractivity contribution is 7.99. The predicted octanol–water partition coefficient (Wildman–Crippen LogP) is 5.05. The van der Waals surface area contributed by atoms with Crippen molar-refractivity contribution in [3.63, 3.8) is 0 Å². The molecule has 0 saturated carbocycles. The lowest BCUT2D eigenvalue weighted by molar-refractivity contribution is -0.113. The van der Waals surface area contributed by atoms with Gasteiger partial charge in [-0.3, -0.25) is 4.79 Å². The van der Waals surface area contributed by atoms with E-state index < -0.39 is 0 Å². The molecule has 0 fully saturated rings. The molecule has 2 heterocycles. The lowest BCUT2D eigenvalue weighted by atomic mass is 9.88. The maximum Gasteiger partial charge on any atom is 0.341 e. The molecule has 0 spiro atoms. The highest BCUT2D eigenvalue weighted by Gasteiger charge is 2.29. The number of hydrogen-bond acceptors (Lipinski definition) is 8. The number of anilines is 1. The third kappa shape index (κ3) is 5.87. The monoisotopic (exact) mass is 514 g/mol. The molecule has 186 valence electrons. The van der Waals surface area contributed by atoms with Gasteiger partial charge in [-0.05, 0) is 56.7 Å². The second kappa shape index (κ2) is 11.3. The molecule has 4 rings (SSSR count). The van der Waals surface area contributed by atoms with Crippen LogP contribution in [0.2, 0.25) is 0 Å². The van der Waals surface area contributed by atoms with Crippen LogP contribution < -0.4 is 10.1 Å². The van der Waals surface area contributed by atoms with Crippen molar-refractivity contribution in [3.05, 3.63) is 52.2 Å². The van der Waals surface area contributed by atoms with Gasteiger partial charge in [-0.2, -0.15) is 0 Å². The van der Waals surface area contributed by atoms with Crippen molar-refractivity contribution in [1.82, 2.24) is 14.8 Å². The maximum absolute atomic E-state index is 12.8. The number of nitrogens with zero attached hydrogens (tertiary/aromatic N) is 3. The standard InChI is InChI=1S/C25H30N4O4S2/c1-5-32-24(31)21-18-12-11-15(2)13-19(18)35-23(21)26-20(30)14-34-25-28-27-22(29(25)4)16(3)33-17-9-7-6-8-10-17/h6-10,15-16H,5,11-14H2,1-4H3,(H,26,30). The third-order valence-electron chi connectivity index (χ3n) is 5.86. The van der Waals surface area contributed by atoms with Gasteiger partial charge in [0, 0.05) is 11.9 Å². The van der Waals surface area contributed by atoms with Gasteiger partial charge in [-0.1, -0.05) is 36.9 Å². The average Bonchev–Trinajstić information content (AvgIpc) is 3.37. The van der Waals surface area contributed by atoms with Crippen molar-refractivity contribution >= 4 is 40.0 Å². The van der Waals surface area contributed by atoms with Gasteiger partial charge in [-0.25, -0.2) is 4.79 Å². The first kappa shape index (κ1) is 25.2. The van der Waals surface area contributed by atoms with Crippen LogP contribution >= 0.6 is 23.1 Å². The molecule has 2 unspecified atom stereocenters. The van der Waals surface area contributed by atoms with Crippen LogP contribution in [0.3, 0.4) is 0 Å². The summed E-state index contributed by atoms with van der Waals surface area (Å²) in [5.74, 6) is 1.55. The van der Waals surface area contributed by atoms with E-state index >= 15 is 0 Å². The van der Waals surface area contributed by atoms with Crippen LogP contribution in [-0.4, -0.2) is 39.0 Å². The lowest BCUT2D eigenvalue weighted by Gasteiger charge is -2.18. The number of para-hydroxylation sites is 1. The summed E-state index contributed by atoms with van der Waals surface area (Å²) in [7, 11) is 1.85. The minimum Gasteiger partial charge on any atom is -0.483 e. The molecule has 0 radical (unpaired) electrons. The molecule has 10 heteroatoms. The summed E-state index contributed by atoms with van der Waals surface area (Å²) in [6, 6.07) is 9.54. The van der Waals surface area contributed by atoms with E-state index in [1.807, 2.05) is 48.9 Å². The Labute approximate surface area is 213 Å². The largest absolute Gasteiger partial charge is 0.483 e. The number of carbonyl (C=O) groups excluding carboxylic acids is 2. The van der Waals surface area contributed by atoms with Crippen molar-refractivity contribution in [2.45, 2.75) is 51.3 Å². The van der Waals surface area contributed by atoms with Crippen molar-refractivity contribution in [2.24, 2.45) is 13.0 Å². The van der Waals surface area contributed by atoms with E-state index in [-0.39, 0.29) is 23.7 Å². The highest BCUT2D eigenvalue weighted by Crippen LogP contribution is 2.40. The normalized spacial score (nSPS) is 15.8. The van der Waals surface area contributed by atoms with E-state index in [2.05, 4.69) is 22.4 Å².